The number of unbranched alkanes of at least 4 members (excludes halogenated alkanes) is 1. The average molecular weight is 521 g/mol. The van der Waals surface area contributed by atoms with Gasteiger partial charge in [0, 0.05) is 51.2 Å². The number of rotatable bonds is 10. The molecule has 192 valence electrons. The van der Waals surface area contributed by atoms with Crippen LogP contribution in [0, 0.1) is 0 Å². The van der Waals surface area contributed by atoms with Crippen molar-refractivity contribution in [3.05, 3.63) is 45.8 Å². The number of hydrogen-bond donors (Lipinski definition) is 1. The lowest BCUT2D eigenvalue weighted by Crippen LogP contribution is -2.32. The van der Waals surface area contributed by atoms with Crippen LogP contribution < -0.4 is 5.32 Å². The van der Waals surface area contributed by atoms with Gasteiger partial charge < -0.3 is 10.2 Å². The molecule has 10 heteroatoms. The first-order chi connectivity index (χ1) is 16.6. The summed E-state index contributed by atoms with van der Waals surface area (Å²) in [4.78, 5) is 31.3. The number of carbonyl (C=O) groups is 2. The van der Waals surface area contributed by atoms with Crippen molar-refractivity contribution in [2.75, 3.05) is 46.1 Å². The molecule has 8 nitrogen and oxygen atoms in total. The number of fused-ring (bicyclic) bond motifs is 1. The topological polar surface area (TPSA) is 90.0 Å². The third kappa shape index (κ3) is 6.11. The van der Waals surface area contributed by atoms with Crippen LogP contribution in [0.2, 0.25) is 0 Å². The quantitative estimate of drug-likeness (QED) is 0.513. The molecule has 2 aromatic rings. The van der Waals surface area contributed by atoms with E-state index in [1.807, 2.05) is 6.92 Å². The smallest absolute Gasteiger partial charge is 0.256 e. The summed E-state index contributed by atoms with van der Waals surface area (Å²) >= 11 is 1.46. The first kappa shape index (κ1) is 27.3. The minimum atomic E-state index is -3.60. The van der Waals surface area contributed by atoms with Crippen molar-refractivity contribution in [2.45, 2.75) is 51.0 Å². The minimum Gasteiger partial charge on any atom is -0.345 e. The van der Waals surface area contributed by atoms with E-state index in [0.717, 1.165) is 55.8 Å². The van der Waals surface area contributed by atoms with Gasteiger partial charge in [0.15, 0.2) is 0 Å². The second-order valence-electron chi connectivity index (χ2n) is 9.09. The summed E-state index contributed by atoms with van der Waals surface area (Å²) in [6.07, 6.45) is 3.52. The normalized spacial score (nSPS) is 14.1. The first-order valence-corrected chi connectivity index (χ1v) is 14.3. The zero-order valence-electron chi connectivity index (χ0n) is 21.3. The van der Waals surface area contributed by atoms with Gasteiger partial charge in [-0.15, -0.1) is 11.3 Å². The van der Waals surface area contributed by atoms with Crippen LogP contribution in [0.25, 0.3) is 0 Å². The summed E-state index contributed by atoms with van der Waals surface area (Å²) < 4.78 is 26.9. The van der Waals surface area contributed by atoms with Gasteiger partial charge in [-0.2, -0.15) is 0 Å². The molecule has 35 heavy (non-hydrogen) atoms. The molecule has 0 spiro atoms. The van der Waals surface area contributed by atoms with Crippen molar-refractivity contribution in [1.82, 2.24) is 14.1 Å². The number of benzene rings is 1. The Kier molecular flexibility index (Phi) is 9.09. The van der Waals surface area contributed by atoms with Crippen LogP contribution in [-0.2, 0) is 23.0 Å². The van der Waals surface area contributed by atoms with E-state index >= 15 is 0 Å². The number of amides is 2. The molecule has 2 amide bonds. The van der Waals surface area contributed by atoms with Crippen LogP contribution in [0.1, 0.15) is 64.3 Å². The zero-order chi connectivity index (χ0) is 25.8. The molecule has 1 aliphatic rings. The van der Waals surface area contributed by atoms with Gasteiger partial charge in [-0.3, -0.25) is 14.5 Å². The highest BCUT2D eigenvalue weighted by molar-refractivity contribution is 7.89. The Bertz CT molecular complexity index is 1160. The molecule has 2 heterocycles. The van der Waals surface area contributed by atoms with Crippen molar-refractivity contribution in [1.29, 1.82) is 0 Å². The second kappa shape index (κ2) is 11.6. The molecule has 0 fully saturated rings. The molecule has 1 aliphatic heterocycles. The first-order valence-electron chi connectivity index (χ1n) is 12.1. The Morgan fingerprint density at radius 2 is 1.77 bits per heavy atom. The van der Waals surface area contributed by atoms with E-state index in [1.165, 1.54) is 44.8 Å². The molecule has 0 aliphatic carbocycles. The Hall–Kier alpha value is -2.27. The van der Waals surface area contributed by atoms with E-state index in [4.69, 9.17) is 0 Å². The number of carbonyl (C=O) groups excluding carboxylic acids is 2. The predicted octanol–water partition coefficient (Wildman–Crippen LogP) is 3.89. The molecule has 0 saturated heterocycles. The number of hydrogen-bond acceptors (Lipinski definition) is 6. The minimum absolute atomic E-state index is 0.127. The lowest BCUT2D eigenvalue weighted by atomic mass is 10.0. The van der Waals surface area contributed by atoms with Crippen molar-refractivity contribution in [3.63, 3.8) is 0 Å². The fraction of sp³-hybridized carbons (Fsp3) is 0.520. The van der Waals surface area contributed by atoms with Gasteiger partial charge in [-0.05, 0) is 55.6 Å². The monoisotopic (exact) mass is 520 g/mol. The Morgan fingerprint density at radius 3 is 2.37 bits per heavy atom. The molecular formula is C25H36N4O4S2. The zero-order valence-corrected chi connectivity index (χ0v) is 22.9. The Balaban J connectivity index is 1.84. The summed E-state index contributed by atoms with van der Waals surface area (Å²) in [5.74, 6) is -0.497. The predicted molar refractivity (Wildman–Crippen MR) is 141 cm³/mol. The van der Waals surface area contributed by atoms with Gasteiger partial charge in [-0.25, -0.2) is 12.7 Å². The molecule has 0 saturated carbocycles. The van der Waals surface area contributed by atoms with Crippen molar-refractivity contribution >= 4 is 38.2 Å². The van der Waals surface area contributed by atoms with Crippen molar-refractivity contribution < 1.29 is 18.0 Å². The number of nitrogens with zero attached hydrogens (tertiary/aromatic N) is 3. The summed E-state index contributed by atoms with van der Waals surface area (Å²) in [5, 5.41) is 3.48. The molecule has 1 N–H and O–H groups in total. The van der Waals surface area contributed by atoms with Gasteiger partial charge in [-0.1, -0.05) is 20.3 Å². The number of sulfonamides is 1. The van der Waals surface area contributed by atoms with E-state index in [0.29, 0.717) is 22.7 Å². The van der Waals surface area contributed by atoms with Gasteiger partial charge >= 0.3 is 0 Å². The molecule has 0 bridgehead atoms. The molecule has 1 aromatic carbocycles. The summed E-state index contributed by atoms with van der Waals surface area (Å²) in [5.41, 5.74) is 1.92. The van der Waals surface area contributed by atoms with Crippen molar-refractivity contribution in [2.24, 2.45) is 0 Å². The third-order valence-corrected chi connectivity index (χ3v) is 9.18. The maximum absolute atomic E-state index is 13.1. The van der Waals surface area contributed by atoms with E-state index < -0.39 is 10.0 Å². The maximum Gasteiger partial charge on any atom is 0.256 e. The molecule has 1 aromatic heterocycles. The van der Waals surface area contributed by atoms with Crippen LogP contribution in [0.15, 0.2) is 29.2 Å². The van der Waals surface area contributed by atoms with Crippen LogP contribution in [0.4, 0.5) is 5.00 Å². The van der Waals surface area contributed by atoms with Gasteiger partial charge in [0.25, 0.3) is 11.8 Å². The number of nitrogens with one attached hydrogen (secondary N) is 1. The Labute approximate surface area is 213 Å². The highest BCUT2D eigenvalue weighted by atomic mass is 32.2. The summed E-state index contributed by atoms with van der Waals surface area (Å²) in [6.45, 7) is 7.27. The van der Waals surface area contributed by atoms with E-state index in [9.17, 15) is 18.0 Å². The SMILES string of the molecule is CCCCN(C)S(=O)(=O)c1ccc(C(=O)Nc2sc3c(c2C(=O)N(C)C)CCN(CCC)C3)cc1. The van der Waals surface area contributed by atoms with Gasteiger partial charge in [0.2, 0.25) is 10.0 Å². The number of thiophene rings is 1. The third-order valence-electron chi connectivity index (χ3n) is 6.17. The standard InChI is InChI=1S/C25H36N4O4S2/c1-6-8-15-28(5)35(32,33)19-11-9-18(10-12-19)23(30)26-24-22(25(31)27(3)4)20-13-16-29(14-7-2)17-21(20)34-24/h9-12H,6-8,13-17H2,1-5H3,(H,26,30). The largest absolute Gasteiger partial charge is 0.345 e. The number of anilines is 1. The lowest BCUT2D eigenvalue weighted by molar-refractivity contribution is 0.0827. The van der Waals surface area contributed by atoms with Crippen LogP contribution in [0.3, 0.4) is 0 Å². The highest BCUT2D eigenvalue weighted by Crippen LogP contribution is 2.38. The molecule has 0 unspecified atom stereocenters. The van der Waals surface area contributed by atoms with E-state index in [2.05, 4.69) is 17.1 Å². The van der Waals surface area contributed by atoms with E-state index in [-0.39, 0.29) is 16.7 Å². The molecule has 3 rings (SSSR count). The highest BCUT2D eigenvalue weighted by Gasteiger charge is 2.29. The van der Waals surface area contributed by atoms with Crippen molar-refractivity contribution in [3.8, 4) is 0 Å². The fourth-order valence-corrected chi connectivity index (χ4v) is 6.62. The molecular weight excluding hydrogens is 484 g/mol. The van der Waals surface area contributed by atoms with Crippen LogP contribution >= 0.6 is 11.3 Å². The fourth-order valence-electron chi connectivity index (χ4n) is 4.14. The van der Waals surface area contributed by atoms with Gasteiger partial charge in [0.05, 0.1) is 10.5 Å². The summed E-state index contributed by atoms with van der Waals surface area (Å²) in [7, 11) is 1.38. The van der Waals surface area contributed by atoms with Crippen LogP contribution in [0.5, 0.6) is 0 Å². The average Bonchev–Trinajstić information content (AvgIpc) is 3.18. The van der Waals surface area contributed by atoms with Gasteiger partial charge in [0.1, 0.15) is 5.00 Å². The summed E-state index contributed by atoms with van der Waals surface area (Å²) in [6, 6.07) is 5.95. The van der Waals surface area contributed by atoms with E-state index in [1.54, 1.807) is 21.1 Å². The maximum atomic E-state index is 13.1. The Morgan fingerprint density at radius 1 is 1.09 bits per heavy atom. The molecule has 0 radical (unpaired) electrons. The molecule has 0 atom stereocenters. The van der Waals surface area contributed by atoms with Crippen LogP contribution in [-0.4, -0.2) is 75.1 Å². The lowest BCUT2D eigenvalue weighted by Gasteiger charge is -2.26. The second-order valence-corrected chi connectivity index (χ2v) is 12.2.